The Bertz CT molecular complexity index is 833. The molecule has 2 aromatic carbocycles. The maximum atomic E-state index is 12.2. The maximum Gasteiger partial charge on any atom is 0.255 e. The van der Waals surface area contributed by atoms with Gasteiger partial charge in [0.2, 0.25) is 0 Å². The summed E-state index contributed by atoms with van der Waals surface area (Å²) in [5, 5.41) is 4.11. The van der Waals surface area contributed by atoms with Crippen LogP contribution in [-0.4, -0.2) is 5.91 Å². The first kappa shape index (κ1) is 13.1. The lowest BCUT2D eigenvalue weighted by atomic mass is 9.96. The van der Waals surface area contributed by atoms with Crippen LogP contribution in [-0.2, 0) is 12.8 Å². The summed E-state index contributed by atoms with van der Waals surface area (Å²) in [7, 11) is 0. The fourth-order valence-electron chi connectivity index (χ4n) is 3.13. The number of carbonyl (C=O) groups is 1. The van der Waals surface area contributed by atoms with E-state index in [0.717, 1.165) is 35.3 Å². The number of furan rings is 1. The van der Waals surface area contributed by atoms with Crippen molar-refractivity contribution >= 4 is 22.6 Å². The molecule has 3 aromatic rings. The number of hydrogen-bond donors (Lipinski definition) is 1. The van der Waals surface area contributed by atoms with Crippen molar-refractivity contribution in [1.82, 2.24) is 0 Å². The van der Waals surface area contributed by atoms with Crippen LogP contribution in [0, 0.1) is 0 Å². The van der Waals surface area contributed by atoms with Crippen molar-refractivity contribution in [3.63, 3.8) is 0 Å². The molecule has 1 amide bonds. The third kappa shape index (κ3) is 2.29. The monoisotopic (exact) mass is 291 g/mol. The van der Waals surface area contributed by atoms with Gasteiger partial charge in [0.15, 0.2) is 0 Å². The van der Waals surface area contributed by atoms with E-state index in [2.05, 4.69) is 5.32 Å². The highest BCUT2D eigenvalue weighted by molar-refractivity contribution is 6.05. The number of rotatable bonds is 2. The predicted octanol–water partition coefficient (Wildman–Crippen LogP) is 4.56. The third-order valence-corrected chi connectivity index (χ3v) is 4.25. The fourth-order valence-corrected chi connectivity index (χ4v) is 3.13. The second-order valence-electron chi connectivity index (χ2n) is 5.74. The van der Waals surface area contributed by atoms with Gasteiger partial charge in [0.1, 0.15) is 11.3 Å². The fraction of sp³-hybridized carbons (Fsp3) is 0.211. The van der Waals surface area contributed by atoms with Crippen LogP contribution in [0.5, 0.6) is 0 Å². The van der Waals surface area contributed by atoms with Crippen molar-refractivity contribution in [2.45, 2.75) is 25.7 Å². The van der Waals surface area contributed by atoms with Gasteiger partial charge in [0, 0.05) is 28.6 Å². The topological polar surface area (TPSA) is 42.2 Å². The van der Waals surface area contributed by atoms with E-state index in [1.165, 1.54) is 18.4 Å². The summed E-state index contributed by atoms with van der Waals surface area (Å²) in [6.07, 6.45) is 4.50. The van der Waals surface area contributed by atoms with Gasteiger partial charge in [-0.05, 0) is 49.6 Å². The molecule has 0 unspecified atom stereocenters. The van der Waals surface area contributed by atoms with Crippen LogP contribution in [0.1, 0.15) is 34.5 Å². The van der Waals surface area contributed by atoms with E-state index in [1.807, 2.05) is 48.5 Å². The second-order valence-corrected chi connectivity index (χ2v) is 5.74. The number of aryl methyl sites for hydroxylation is 2. The highest BCUT2D eigenvalue weighted by atomic mass is 16.3. The minimum absolute atomic E-state index is 0.0858. The van der Waals surface area contributed by atoms with E-state index >= 15 is 0 Å². The molecule has 0 spiro atoms. The molecule has 1 N–H and O–H groups in total. The number of carbonyl (C=O) groups excluding carboxylic acids is 1. The van der Waals surface area contributed by atoms with Crippen LogP contribution in [0.2, 0.25) is 0 Å². The van der Waals surface area contributed by atoms with E-state index in [4.69, 9.17) is 4.42 Å². The average Bonchev–Trinajstić information content (AvgIpc) is 2.94. The van der Waals surface area contributed by atoms with Gasteiger partial charge in [-0.15, -0.1) is 0 Å². The molecule has 1 aliphatic rings. The molecular formula is C19H17NO2. The van der Waals surface area contributed by atoms with E-state index in [1.54, 1.807) is 0 Å². The SMILES string of the molecule is O=C(Nc1ccc2oc3c(c2c1)CCCC3)c1ccccc1. The Hall–Kier alpha value is -2.55. The second kappa shape index (κ2) is 5.34. The zero-order chi connectivity index (χ0) is 14.9. The van der Waals surface area contributed by atoms with Crippen LogP contribution >= 0.6 is 0 Å². The zero-order valence-corrected chi connectivity index (χ0v) is 12.3. The van der Waals surface area contributed by atoms with Gasteiger partial charge >= 0.3 is 0 Å². The van der Waals surface area contributed by atoms with Gasteiger partial charge in [-0.3, -0.25) is 4.79 Å². The Morgan fingerprint density at radius 1 is 1.00 bits per heavy atom. The number of anilines is 1. The van der Waals surface area contributed by atoms with Crippen molar-refractivity contribution in [3.05, 3.63) is 65.4 Å². The molecule has 0 fully saturated rings. The number of nitrogens with one attached hydrogen (secondary N) is 1. The van der Waals surface area contributed by atoms with Crippen molar-refractivity contribution in [2.75, 3.05) is 5.32 Å². The summed E-state index contributed by atoms with van der Waals surface area (Å²) < 4.78 is 5.92. The normalized spacial score (nSPS) is 13.8. The number of hydrogen-bond acceptors (Lipinski definition) is 2. The van der Waals surface area contributed by atoms with Gasteiger partial charge < -0.3 is 9.73 Å². The smallest absolute Gasteiger partial charge is 0.255 e. The third-order valence-electron chi connectivity index (χ3n) is 4.25. The Labute approximate surface area is 128 Å². The molecule has 0 bridgehead atoms. The van der Waals surface area contributed by atoms with E-state index < -0.39 is 0 Å². The molecule has 3 nitrogen and oxygen atoms in total. The van der Waals surface area contributed by atoms with Crippen LogP contribution in [0.4, 0.5) is 5.69 Å². The number of fused-ring (bicyclic) bond motifs is 3. The Balaban J connectivity index is 1.66. The molecule has 0 saturated heterocycles. The minimum atomic E-state index is -0.0858. The summed E-state index contributed by atoms with van der Waals surface area (Å²) in [4.78, 5) is 12.2. The Kier molecular flexibility index (Phi) is 3.19. The lowest BCUT2D eigenvalue weighted by Crippen LogP contribution is -2.11. The quantitative estimate of drug-likeness (QED) is 0.752. The first-order valence-corrected chi connectivity index (χ1v) is 7.72. The molecule has 1 heterocycles. The predicted molar refractivity (Wildman–Crippen MR) is 87.3 cm³/mol. The lowest BCUT2D eigenvalue weighted by molar-refractivity contribution is 0.102. The lowest BCUT2D eigenvalue weighted by Gasteiger charge is -2.09. The molecule has 3 heteroatoms. The Morgan fingerprint density at radius 3 is 2.68 bits per heavy atom. The largest absolute Gasteiger partial charge is 0.461 e. The first-order valence-electron chi connectivity index (χ1n) is 7.72. The van der Waals surface area contributed by atoms with Crippen LogP contribution < -0.4 is 5.32 Å². The molecule has 22 heavy (non-hydrogen) atoms. The first-order chi connectivity index (χ1) is 10.8. The van der Waals surface area contributed by atoms with Crippen molar-refractivity contribution in [2.24, 2.45) is 0 Å². The average molecular weight is 291 g/mol. The summed E-state index contributed by atoms with van der Waals surface area (Å²) in [6.45, 7) is 0. The van der Waals surface area contributed by atoms with Crippen molar-refractivity contribution in [3.8, 4) is 0 Å². The molecular weight excluding hydrogens is 274 g/mol. The molecule has 0 saturated carbocycles. The highest BCUT2D eigenvalue weighted by Gasteiger charge is 2.18. The Morgan fingerprint density at radius 2 is 1.82 bits per heavy atom. The zero-order valence-electron chi connectivity index (χ0n) is 12.3. The molecule has 4 rings (SSSR count). The van der Waals surface area contributed by atoms with Crippen molar-refractivity contribution < 1.29 is 9.21 Å². The molecule has 110 valence electrons. The molecule has 0 radical (unpaired) electrons. The summed E-state index contributed by atoms with van der Waals surface area (Å²) in [6, 6.07) is 15.1. The minimum Gasteiger partial charge on any atom is -0.461 e. The standard InChI is InChI=1S/C19H17NO2/c21-19(13-6-2-1-3-7-13)20-14-10-11-18-16(12-14)15-8-4-5-9-17(15)22-18/h1-3,6-7,10-12H,4-5,8-9H2,(H,20,21). The number of amides is 1. The summed E-state index contributed by atoms with van der Waals surface area (Å²) in [5.74, 6) is 1.03. The molecule has 0 atom stereocenters. The number of benzene rings is 2. The van der Waals surface area contributed by atoms with Crippen LogP contribution in [0.25, 0.3) is 11.0 Å². The van der Waals surface area contributed by atoms with Crippen LogP contribution in [0.3, 0.4) is 0 Å². The van der Waals surface area contributed by atoms with Crippen LogP contribution in [0.15, 0.2) is 52.9 Å². The molecule has 0 aliphatic heterocycles. The molecule has 1 aromatic heterocycles. The van der Waals surface area contributed by atoms with Crippen molar-refractivity contribution in [1.29, 1.82) is 0 Å². The van der Waals surface area contributed by atoms with Gasteiger partial charge in [-0.1, -0.05) is 18.2 Å². The van der Waals surface area contributed by atoms with Gasteiger partial charge in [-0.25, -0.2) is 0 Å². The highest BCUT2D eigenvalue weighted by Crippen LogP contribution is 2.33. The van der Waals surface area contributed by atoms with Gasteiger partial charge in [0.25, 0.3) is 5.91 Å². The summed E-state index contributed by atoms with van der Waals surface area (Å²) in [5.41, 5.74) is 3.72. The van der Waals surface area contributed by atoms with Gasteiger partial charge in [-0.2, -0.15) is 0 Å². The van der Waals surface area contributed by atoms with Gasteiger partial charge in [0.05, 0.1) is 0 Å². The van der Waals surface area contributed by atoms with E-state index in [-0.39, 0.29) is 5.91 Å². The van der Waals surface area contributed by atoms with E-state index in [9.17, 15) is 4.79 Å². The maximum absolute atomic E-state index is 12.2. The molecule has 1 aliphatic carbocycles. The van der Waals surface area contributed by atoms with E-state index in [0.29, 0.717) is 5.56 Å². The summed E-state index contributed by atoms with van der Waals surface area (Å²) >= 11 is 0.